The summed E-state index contributed by atoms with van der Waals surface area (Å²) in [5.74, 6) is 4.38. The zero-order chi connectivity index (χ0) is 13.1. The van der Waals surface area contributed by atoms with E-state index in [9.17, 15) is 0 Å². The van der Waals surface area contributed by atoms with Crippen molar-refractivity contribution in [2.45, 2.75) is 44.6 Å². The molecule has 2 atom stereocenters. The normalized spacial score (nSPS) is 28.1. The van der Waals surface area contributed by atoms with Crippen LogP contribution < -0.4 is 5.32 Å². The van der Waals surface area contributed by atoms with Crippen LogP contribution >= 0.6 is 11.8 Å². The van der Waals surface area contributed by atoms with Crippen LogP contribution in [0.4, 0.5) is 0 Å². The zero-order valence-electron chi connectivity index (χ0n) is 11.9. The maximum absolute atomic E-state index is 3.86. The smallest absolute Gasteiger partial charge is 0.0323 e. The minimum atomic E-state index is 0.599. The van der Waals surface area contributed by atoms with Crippen LogP contribution in [0.15, 0.2) is 24.3 Å². The number of rotatable bonds is 3. The molecule has 3 rings (SSSR count). The van der Waals surface area contributed by atoms with Crippen molar-refractivity contribution in [3.8, 4) is 0 Å². The summed E-state index contributed by atoms with van der Waals surface area (Å²) >= 11 is 2.12. The van der Waals surface area contributed by atoms with E-state index in [1.165, 1.54) is 43.7 Å². The van der Waals surface area contributed by atoms with E-state index in [-0.39, 0.29) is 0 Å². The first-order valence-corrected chi connectivity index (χ1v) is 8.90. The van der Waals surface area contributed by atoms with Gasteiger partial charge in [-0.05, 0) is 66.7 Å². The van der Waals surface area contributed by atoms with Gasteiger partial charge in [0.2, 0.25) is 0 Å². The van der Waals surface area contributed by atoms with Crippen LogP contribution in [0.25, 0.3) is 0 Å². The van der Waals surface area contributed by atoms with Crippen molar-refractivity contribution >= 4 is 11.8 Å². The van der Waals surface area contributed by atoms with Gasteiger partial charge < -0.3 is 5.32 Å². The van der Waals surface area contributed by atoms with E-state index in [1.807, 2.05) is 0 Å². The highest BCUT2D eigenvalue weighted by molar-refractivity contribution is 7.99. The number of hydrogen-bond acceptors (Lipinski definition) is 2. The summed E-state index contributed by atoms with van der Waals surface area (Å²) in [7, 11) is 0. The molecule has 0 radical (unpaired) electrons. The lowest BCUT2D eigenvalue weighted by atomic mass is 9.81. The Morgan fingerprint density at radius 1 is 1.05 bits per heavy atom. The van der Waals surface area contributed by atoms with Crippen LogP contribution in [0.1, 0.15) is 55.7 Å². The molecular formula is C17H25NS. The molecule has 2 unspecified atom stereocenters. The second kappa shape index (κ2) is 6.32. The SMILES string of the molecule is CC1CCC(NCC2CCSCC2)c2ccccc21. The molecule has 1 heterocycles. The van der Waals surface area contributed by atoms with Crippen LogP contribution in [0.5, 0.6) is 0 Å². The van der Waals surface area contributed by atoms with E-state index < -0.39 is 0 Å². The predicted molar refractivity (Wildman–Crippen MR) is 84.9 cm³/mol. The fraction of sp³-hybridized carbons (Fsp3) is 0.647. The first-order chi connectivity index (χ1) is 9.34. The van der Waals surface area contributed by atoms with Crippen molar-refractivity contribution in [1.82, 2.24) is 5.32 Å². The molecule has 1 aromatic carbocycles. The second-order valence-corrected chi connectivity index (χ2v) is 7.35. The first-order valence-electron chi connectivity index (χ1n) is 7.74. The van der Waals surface area contributed by atoms with Crippen LogP contribution in [0, 0.1) is 5.92 Å². The van der Waals surface area contributed by atoms with Crippen molar-refractivity contribution in [3.05, 3.63) is 35.4 Å². The Balaban J connectivity index is 1.64. The maximum atomic E-state index is 3.86. The molecule has 0 amide bonds. The fourth-order valence-electron chi connectivity index (χ4n) is 3.48. The second-order valence-electron chi connectivity index (χ2n) is 6.12. The van der Waals surface area contributed by atoms with E-state index in [0.29, 0.717) is 6.04 Å². The third-order valence-corrected chi connectivity index (χ3v) is 5.83. The van der Waals surface area contributed by atoms with E-state index in [4.69, 9.17) is 0 Å². The molecule has 1 aliphatic carbocycles. The van der Waals surface area contributed by atoms with Crippen LogP contribution in [-0.4, -0.2) is 18.1 Å². The highest BCUT2D eigenvalue weighted by atomic mass is 32.2. The highest BCUT2D eigenvalue weighted by Crippen LogP contribution is 2.37. The molecule has 1 nitrogen and oxygen atoms in total. The topological polar surface area (TPSA) is 12.0 Å². The van der Waals surface area contributed by atoms with Crippen LogP contribution in [-0.2, 0) is 0 Å². The van der Waals surface area contributed by atoms with Gasteiger partial charge in [0, 0.05) is 6.04 Å². The van der Waals surface area contributed by atoms with Crippen molar-refractivity contribution in [2.24, 2.45) is 5.92 Å². The van der Waals surface area contributed by atoms with Crippen molar-refractivity contribution < 1.29 is 0 Å². The van der Waals surface area contributed by atoms with Crippen molar-refractivity contribution in [1.29, 1.82) is 0 Å². The first kappa shape index (κ1) is 13.5. The summed E-state index contributed by atoms with van der Waals surface area (Å²) in [4.78, 5) is 0. The molecule has 1 fully saturated rings. The number of fused-ring (bicyclic) bond motifs is 1. The van der Waals surface area contributed by atoms with Crippen LogP contribution in [0.3, 0.4) is 0 Å². The number of nitrogens with one attached hydrogen (secondary N) is 1. The molecule has 1 N–H and O–H groups in total. The lowest BCUT2D eigenvalue weighted by molar-refractivity contribution is 0.374. The standard InChI is InChI=1S/C17H25NS/c1-13-6-7-17(16-5-3-2-4-15(13)16)18-12-14-8-10-19-11-9-14/h2-5,13-14,17-18H,6-12H2,1H3. The van der Waals surface area contributed by atoms with E-state index in [0.717, 1.165) is 11.8 Å². The Morgan fingerprint density at radius 3 is 2.58 bits per heavy atom. The molecule has 104 valence electrons. The Morgan fingerprint density at radius 2 is 1.79 bits per heavy atom. The third kappa shape index (κ3) is 3.17. The van der Waals surface area contributed by atoms with Gasteiger partial charge in [0.15, 0.2) is 0 Å². The highest BCUT2D eigenvalue weighted by Gasteiger charge is 2.24. The molecule has 0 spiro atoms. The molecule has 0 aromatic heterocycles. The Kier molecular flexibility index (Phi) is 4.49. The predicted octanol–water partition coefficient (Wildman–Crippen LogP) is 4.36. The summed E-state index contributed by atoms with van der Waals surface area (Å²) < 4.78 is 0. The monoisotopic (exact) mass is 275 g/mol. The largest absolute Gasteiger partial charge is 0.310 e. The minimum absolute atomic E-state index is 0.599. The van der Waals surface area contributed by atoms with E-state index in [2.05, 4.69) is 48.3 Å². The zero-order valence-corrected chi connectivity index (χ0v) is 12.7. The number of thioether (sulfide) groups is 1. The van der Waals surface area contributed by atoms with Gasteiger partial charge >= 0.3 is 0 Å². The Hall–Kier alpha value is -0.470. The average molecular weight is 275 g/mol. The van der Waals surface area contributed by atoms with Crippen molar-refractivity contribution in [2.75, 3.05) is 18.1 Å². The number of hydrogen-bond donors (Lipinski definition) is 1. The molecule has 2 heteroatoms. The molecule has 0 saturated carbocycles. The molecule has 1 aromatic rings. The summed E-state index contributed by atoms with van der Waals surface area (Å²) in [5, 5.41) is 3.86. The van der Waals surface area contributed by atoms with E-state index in [1.54, 1.807) is 11.1 Å². The van der Waals surface area contributed by atoms with Gasteiger partial charge in [-0.3, -0.25) is 0 Å². The van der Waals surface area contributed by atoms with Gasteiger partial charge in [-0.1, -0.05) is 31.2 Å². The average Bonchev–Trinajstić information content (AvgIpc) is 2.48. The van der Waals surface area contributed by atoms with Crippen molar-refractivity contribution in [3.63, 3.8) is 0 Å². The summed E-state index contributed by atoms with van der Waals surface area (Å²) in [5.41, 5.74) is 3.14. The fourth-order valence-corrected chi connectivity index (χ4v) is 4.68. The van der Waals surface area contributed by atoms with Gasteiger partial charge in [0.05, 0.1) is 0 Å². The van der Waals surface area contributed by atoms with Gasteiger partial charge in [-0.15, -0.1) is 0 Å². The summed E-state index contributed by atoms with van der Waals surface area (Å²) in [6.07, 6.45) is 5.44. The summed E-state index contributed by atoms with van der Waals surface area (Å²) in [6.45, 7) is 3.58. The van der Waals surface area contributed by atoms with E-state index >= 15 is 0 Å². The molecule has 1 aliphatic heterocycles. The number of benzene rings is 1. The van der Waals surface area contributed by atoms with Gasteiger partial charge in [0.25, 0.3) is 0 Å². The van der Waals surface area contributed by atoms with Gasteiger partial charge in [-0.25, -0.2) is 0 Å². The lowest BCUT2D eigenvalue weighted by Crippen LogP contribution is -2.31. The molecule has 0 bridgehead atoms. The Bertz CT molecular complexity index is 411. The molecule has 19 heavy (non-hydrogen) atoms. The molecular weight excluding hydrogens is 250 g/mol. The van der Waals surface area contributed by atoms with Gasteiger partial charge in [-0.2, -0.15) is 11.8 Å². The lowest BCUT2D eigenvalue weighted by Gasteiger charge is -2.32. The maximum Gasteiger partial charge on any atom is 0.0323 e. The Labute approximate surface area is 121 Å². The summed E-state index contributed by atoms with van der Waals surface area (Å²) in [6, 6.07) is 9.64. The van der Waals surface area contributed by atoms with Gasteiger partial charge in [0.1, 0.15) is 0 Å². The van der Waals surface area contributed by atoms with Crippen LogP contribution in [0.2, 0.25) is 0 Å². The quantitative estimate of drug-likeness (QED) is 0.879. The minimum Gasteiger partial charge on any atom is -0.310 e. The molecule has 2 aliphatic rings. The molecule has 1 saturated heterocycles. The third-order valence-electron chi connectivity index (χ3n) is 4.78.